The SMILES string of the molecule is [C-]#[N+]/C(C#N)=C1/c2nc3cc(C#N)c(C#N)cc3nc2-c2cccc([N+]#[C-])c21. The molecule has 0 bridgehead atoms. The van der Waals surface area contributed by atoms with Gasteiger partial charge in [-0.05, 0) is 23.3 Å². The molecule has 4 rings (SSSR count). The van der Waals surface area contributed by atoms with Gasteiger partial charge in [0.15, 0.2) is 5.69 Å². The number of hydrogen-bond acceptors (Lipinski definition) is 5. The maximum Gasteiger partial charge on any atom is 0.270 e. The second-order valence-electron chi connectivity index (χ2n) is 5.79. The summed E-state index contributed by atoms with van der Waals surface area (Å²) < 4.78 is 0. The molecule has 1 heterocycles. The first-order valence-electron chi connectivity index (χ1n) is 7.86. The largest absolute Gasteiger partial charge is 0.270 e. The van der Waals surface area contributed by atoms with Gasteiger partial charge in [0.25, 0.3) is 5.70 Å². The van der Waals surface area contributed by atoms with E-state index in [1.54, 1.807) is 18.2 Å². The third-order valence-electron chi connectivity index (χ3n) is 4.40. The lowest BCUT2D eigenvalue weighted by Crippen LogP contribution is -1.96. The molecule has 0 atom stereocenters. The monoisotopic (exact) mass is 355 g/mol. The molecule has 1 aliphatic carbocycles. The van der Waals surface area contributed by atoms with E-state index >= 15 is 0 Å². The Labute approximate surface area is 159 Å². The standard InChI is InChI=1S/C21H5N7/c1-25-14-5-3-4-13-18(14)19(17(10-24)26-2)21-20(13)27-15-6-11(8-22)12(9-23)7-16(15)28-21/h3-7H/b19-17+. The molecule has 124 valence electrons. The van der Waals surface area contributed by atoms with Crippen LogP contribution >= 0.6 is 0 Å². The van der Waals surface area contributed by atoms with Crippen LogP contribution in [0.4, 0.5) is 5.69 Å². The molecule has 7 nitrogen and oxygen atoms in total. The van der Waals surface area contributed by atoms with Crippen LogP contribution in [0.5, 0.6) is 0 Å². The first kappa shape index (κ1) is 16.4. The van der Waals surface area contributed by atoms with E-state index in [0.29, 0.717) is 39.2 Å². The number of hydrogen-bond donors (Lipinski definition) is 0. The Morgan fingerprint density at radius 3 is 2.11 bits per heavy atom. The molecule has 0 fully saturated rings. The average molecular weight is 355 g/mol. The molecular weight excluding hydrogens is 350 g/mol. The molecule has 0 radical (unpaired) electrons. The predicted octanol–water partition coefficient (Wildman–Crippen LogP) is 4.11. The van der Waals surface area contributed by atoms with E-state index in [1.165, 1.54) is 12.1 Å². The van der Waals surface area contributed by atoms with Gasteiger partial charge in [0.05, 0.1) is 52.8 Å². The lowest BCUT2D eigenvalue weighted by atomic mass is 10.0. The quantitative estimate of drug-likeness (QED) is 0.348. The average Bonchev–Trinajstić information content (AvgIpc) is 3.05. The Morgan fingerprint density at radius 1 is 0.929 bits per heavy atom. The van der Waals surface area contributed by atoms with E-state index in [2.05, 4.69) is 19.7 Å². The molecule has 0 N–H and O–H groups in total. The minimum Gasteiger partial charge on any atom is -0.245 e. The van der Waals surface area contributed by atoms with E-state index in [-0.39, 0.29) is 22.4 Å². The van der Waals surface area contributed by atoms with Crippen LogP contribution in [0.1, 0.15) is 22.4 Å². The number of allylic oxidation sites excluding steroid dienone is 1. The smallest absolute Gasteiger partial charge is 0.245 e. The van der Waals surface area contributed by atoms with Gasteiger partial charge in [0.2, 0.25) is 0 Å². The highest BCUT2D eigenvalue weighted by molar-refractivity contribution is 6.06. The summed E-state index contributed by atoms with van der Waals surface area (Å²) >= 11 is 0. The normalized spacial score (nSPS) is 12.5. The molecule has 0 unspecified atom stereocenters. The van der Waals surface area contributed by atoms with Crippen molar-refractivity contribution >= 4 is 22.3 Å². The predicted molar refractivity (Wildman–Crippen MR) is 98.9 cm³/mol. The minimum absolute atomic E-state index is 0.165. The minimum atomic E-state index is -0.182. The molecule has 28 heavy (non-hydrogen) atoms. The zero-order chi connectivity index (χ0) is 19.8. The summed E-state index contributed by atoms with van der Waals surface area (Å²) in [7, 11) is 0. The van der Waals surface area contributed by atoms with E-state index in [9.17, 15) is 15.8 Å². The third-order valence-corrected chi connectivity index (χ3v) is 4.40. The van der Waals surface area contributed by atoms with Crippen LogP contribution in [0.25, 0.3) is 37.6 Å². The summed E-state index contributed by atoms with van der Waals surface area (Å²) in [5.41, 5.74) is 3.33. The fourth-order valence-electron chi connectivity index (χ4n) is 3.23. The van der Waals surface area contributed by atoms with Gasteiger partial charge in [-0.15, -0.1) is 0 Å². The second kappa shape index (κ2) is 6.05. The van der Waals surface area contributed by atoms with Crippen molar-refractivity contribution in [3.05, 3.63) is 81.2 Å². The van der Waals surface area contributed by atoms with Crippen molar-refractivity contribution in [2.45, 2.75) is 0 Å². The number of fused-ring (bicyclic) bond motifs is 4. The van der Waals surface area contributed by atoms with Gasteiger partial charge in [-0.1, -0.05) is 18.2 Å². The zero-order valence-electron chi connectivity index (χ0n) is 14.0. The van der Waals surface area contributed by atoms with Gasteiger partial charge in [0, 0.05) is 5.57 Å². The Kier molecular flexibility index (Phi) is 3.55. The van der Waals surface area contributed by atoms with Crippen molar-refractivity contribution < 1.29 is 0 Å². The Morgan fingerprint density at radius 2 is 1.57 bits per heavy atom. The summed E-state index contributed by atoms with van der Waals surface area (Å²) in [5.74, 6) is 0. The molecular formula is C21H5N7. The molecule has 7 heteroatoms. The highest BCUT2D eigenvalue weighted by Gasteiger charge is 2.32. The topological polar surface area (TPSA) is 106 Å². The molecule has 2 aromatic carbocycles. The highest BCUT2D eigenvalue weighted by Crippen LogP contribution is 2.48. The molecule has 3 aromatic rings. The molecule has 1 aromatic heterocycles. The fraction of sp³-hybridized carbons (Fsp3) is 0. The maximum atomic E-state index is 9.44. The van der Waals surface area contributed by atoms with Gasteiger partial charge in [-0.2, -0.15) is 10.5 Å². The van der Waals surface area contributed by atoms with Crippen LogP contribution in [0.15, 0.2) is 36.0 Å². The van der Waals surface area contributed by atoms with Gasteiger partial charge in [-0.25, -0.2) is 24.9 Å². The Balaban J connectivity index is 2.20. The summed E-state index contributed by atoms with van der Waals surface area (Å²) in [5, 5.41) is 27.9. The van der Waals surface area contributed by atoms with Crippen molar-refractivity contribution in [3.63, 3.8) is 0 Å². The van der Waals surface area contributed by atoms with E-state index in [1.807, 2.05) is 18.2 Å². The van der Waals surface area contributed by atoms with Crippen molar-refractivity contribution in [2.75, 3.05) is 0 Å². The lowest BCUT2D eigenvalue weighted by molar-refractivity contribution is 1.27. The molecule has 0 amide bonds. The van der Waals surface area contributed by atoms with Gasteiger partial charge >= 0.3 is 0 Å². The summed E-state index contributed by atoms with van der Waals surface area (Å²) in [4.78, 5) is 16.0. The molecule has 0 spiro atoms. The van der Waals surface area contributed by atoms with Crippen LogP contribution in [-0.2, 0) is 0 Å². The van der Waals surface area contributed by atoms with E-state index < -0.39 is 0 Å². The fourth-order valence-corrected chi connectivity index (χ4v) is 3.23. The summed E-state index contributed by atoms with van der Waals surface area (Å²) in [6.45, 7) is 14.8. The van der Waals surface area contributed by atoms with E-state index in [4.69, 9.17) is 13.1 Å². The first-order valence-corrected chi connectivity index (χ1v) is 7.86. The van der Waals surface area contributed by atoms with Crippen molar-refractivity contribution in [2.24, 2.45) is 0 Å². The van der Waals surface area contributed by atoms with Gasteiger partial charge < -0.3 is 0 Å². The summed E-state index contributed by atoms with van der Waals surface area (Å²) in [6.07, 6.45) is 0. The molecule has 0 saturated heterocycles. The summed E-state index contributed by atoms with van der Waals surface area (Å²) in [6, 6.07) is 13.8. The van der Waals surface area contributed by atoms with Crippen molar-refractivity contribution in [1.82, 2.24) is 9.97 Å². The Hall–Kier alpha value is -5.03. The van der Waals surface area contributed by atoms with Crippen LogP contribution < -0.4 is 0 Å². The van der Waals surface area contributed by atoms with Crippen LogP contribution in [0, 0.1) is 47.1 Å². The van der Waals surface area contributed by atoms with Crippen LogP contribution in [0.3, 0.4) is 0 Å². The molecule has 0 aliphatic heterocycles. The molecule has 1 aliphatic rings. The lowest BCUT2D eigenvalue weighted by Gasteiger charge is -2.05. The third kappa shape index (κ3) is 2.11. The zero-order valence-corrected chi connectivity index (χ0v) is 14.0. The van der Waals surface area contributed by atoms with E-state index in [0.717, 1.165) is 0 Å². The van der Waals surface area contributed by atoms with Crippen molar-refractivity contribution in [3.8, 4) is 29.5 Å². The number of nitrogens with zero attached hydrogens (tertiary/aromatic N) is 7. The Bertz CT molecular complexity index is 1440. The van der Waals surface area contributed by atoms with Crippen LogP contribution in [-0.4, -0.2) is 9.97 Å². The number of nitriles is 3. The second-order valence-corrected chi connectivity index (χ2v) is 5.79. The number of rotatable bonds is 0. The first-order chi connectivity index (χ1) is 13.7. The van der Waals surface area contributed by atoms with Gasteiger partial charge in [0.1, 0.15) is 12.1 Å². The van der Waals surface area contributed by atoms with Gasteiger partial charge in [-0.3, -0.25) is 0 Å². The number of benzene rings is 2. The van der Waals surface area contributed by atoms with Crippen molar-refractivity contribution in [1.29, 1.82) is 15.8 Å². The molecule has 0 saturated carbocycles. The highest BCUT2D eigenvalue weighted by atomic mass is 14.9. The number of aromatic nitrogens is 2. The van der Waals surface area contributed by atoms with Crippen LogP contribution in [0.2, 0.25) is 0 Å². The maximum absolute atomic E-state index is 9.44.